The number of sulfone groups is 1. The average Bonchev–Trinajstić information content (AvgIpc) is 3.42. The lowest BCUT2D eigenvalue weighted by molar-refractivity contribution is -0.129. The molecular weight excluding hydrogens is 386 g/mol. The van der Waals surface area contributed by atoms with E-state index < -0.39 is 15.1 Å². The summed E-state index contributed by atoms with van der Waals surface area (Å²) in [5.41, 5.74) is 3.71. The smallest absolute Gasteiger partial charge is 0.227 e. The molecule has 1 fully saturated rings. The summed E-state index contributed by atoms with van der Waals surface area (Å²) in [4.78, 5) is 15.0. The van der Waals surface area contributed by atoms with Crippen LogP contribution < -0.4 is 0 Å². The summed E-state index contributed by atoms with van der Waals surface area (Å²) in [6.07, 6.45) is 1.90. The van der Waals surface area contributed by atoms with Crippen LogP contribution in [0.5, 0.6) is 0 Å². The third-order valence-electron chi connectivity index (χ3n) is 6.14. The zero-order valence-electron chi connectivity index (χ0n) is 16.0. The van der Waals surface area contributed by atoms with E-state index in [1.807, 2.05) is 49.4 Å². The number of nitrogens with zero attached hydrogens (tertiary/aromatic N) is 1. The predicted molar refractivity (Wildman–Crippen MR) is 109 cm³/mol. The van der Waals surface area contributed by atoms with Crippen molar-refractivity contribution in [3.05, 3.63) is 77.6 Å². The number of hydrogen-bond donors (Lipinski definition) is 0. The van der Waals surface area contributed by atoms with Gasteiger partial charge < -0.3 is 9.32 Å². The molecule has 148 valence electrons. The minimum Gasteiger partial charge on any atom is -0.464 e. The zero-order chi connectivity index (χ0) is 20.2. The van der Waals surface area contributed by atoms with Crippen LogP contribution in [0.15, 0.2) is 70.2 Å². The number of furan rings is 1. The van der Waals surface area contributed by atoms with Crippen molar-refractivity contribution >= 4 is 15.7 Å². The van der Waals surface area contributed by atoms with Crippen LogP contribution >= 0.6 is 0 Å². The number of carbonyl (C=O) groups excluding carboxylic acids is 1. The van der Waals surface area contributed by atoms with Gasteiger partial charge in [0.15, 0.2) is 9.84 Å². The highest BCUT2D eigenvalue weighted by Crippen LogP contribution is 2.46. The fourth-order valence-corrected chi connectivity index (χ4v) is 6.69. The molecule has 0 bridgehead atoms. The van der Waals surface area contributed by atoms with Gasteiger partial charge in [0, 0.05) is 24.6 Å². The molecule has 1 aromatic heterocycles. The summed E-state index contributed by atoms with van der Waals surface area (Å²) in [5.74, 6) is 0.498. The van der Waals surface area contributed by atoms with Crippen LogP contribution in [-0.2, 0) is 21.1 Å². The maximum Gasteiger partial charge on any atom is 0.227 e. The molecule has 0 saturated carbocycles. The number of rotatable bonds is 3. The number of hydrogen-bond acceptors (Lipinski definition) is 4. The predicted octanol–water partition coefficient (Wildman–Crippen LogP) is 3.58. The van der Waals surface area contributed by atoms with Crippen molar-refractivity contribution in [1.29, 1.82) is 0 Å². The van der Waals surface area contributed by atoms with Crippen molar-refractivity contribution in [1.82, 2.24) is 4.90 Å². The summed E-state index contributed by atoms with van der Waals surface area (Å²) >= 11 is 0. The van der Waals surface area contributed by atoms with Crippen molar-refractivity contribution in [3.8, 4) is 11.3 Å². The molecule has 0 unspecified atom stereocenters. The van der Waals surface area contributed by atoms with Crippen molar-refractivity contribution in [2.45, 2.75) is 29.4 Å². The van der Waals surface area contributed by atoms with Crippen LogP contribution in [0.3, 0.4) is 0 Å². The van der Waals surface area contributed by atoms with Gasteiger partial charge in [-0.1, -0.05) is 24.3 Å². The molecule has 2 aliphatic rings. The van der Waals surface area contributed by atoms with Crippen molar-refractivity contribution in [2.24, 2.45) is 0 Å². The van der Waals surface area contributed by atoms with Crippen LogP contribution in [0, 0.1) is 6.92 Å². The molecule has 5 rings (SSSR count). The van der Waals surface area contributed by atoms with Crippen molar-refractivity contribution in [3.63, 3.8) is 0 Å². The van der Waals surface area contributed by atoms with Gasteiger partial charge in [-0.05, 0) is 53.9 Å². The second kappa shape index (κ2) is 6.59. The second-order valence-electron chi connectivity index (χ2n) is 7.82. The minimum atomic E-state index is -3.44. The third-order valence-corrected chi connectivity index (χ3v) is 8.40. The van der Waals surface area contributed by atoms with E-state index in [4.69, 9.17) is 4.42 Å². The van der Waals surface area contributed by atoms with Gasteiger partial charge in [0.25, 0.3) is 0 Å². The first-order valence-corrected chi connectivity index (χ1v) is 11.2. The summed E-state index contributed by atoms with van der Waals surface area (Å²) in [6, 6.07) is 16.8. The summed E-state index contributed by atoms with van der Waals surface area (Å²) in [6.45, 7) is 2.67. The molecule has 5 nitrogen and oxygen atoms in total. The topological polar surface area (TPSA) is 67.6 Å². The van der Waals surface area contributed by atoms with Gasteiger partial charge >= 0.3 is 0 Å². The fraction of sp³-hybridized carbons (Fsp3) is 0.261. The highest BCUT2D eigenvalue weighted by atomic mass is 32.2. The van der Waals surface area contributed by atoms with E-state index in [-0.39, 0.29) is 18.4 Å². The first-order chi connectivity index (χ1) is 13.9. The Morgan fingerprint density at radius 2 is 1.93 bits per heavy atom. The van der Waals surface area contributed by atoms with Gasteiger partial charge in [0.2, 0.25) is 5.91 Å². The largest absolute Gasteiger partial charge is 0.464 e. The molecule has 1 saturated heterocycles. The Labute approximate surface area is 169 Å². The van der Waals surface area contributed by atoms with Gasteiger partial charge in [0.05, 0.1) is 22.8 Å². The standard InChI is InChI=1S/C23H21NO4S/c1-15-5-2-3-6-16(15)12-23(25)24-13-19-18-11-17(20-7-4-10-28-20)8-9-21(18)29(26,27)22(19)14-24/h2-11,19,22H,12-14H2,1H3/t19-,22-/m0/s1. The molecule has 3 heterocycles. The quantitative estimate of drug-likeness (QED) is 0.666. The van der Waals surface area contributed by atoms with E-state index in [9.17, 15) is 13.2 Å². The molecule has 3 aromatic rings. The molecule has 29 heavy (non-hydrogen) atoms. The van der Waals surface area contributed by atoms with Gasteiger partial charge in [-0.25, -0.2) is 8.42 Å². The lowest BCUT2D eigenvalue weighted by atomic mass is 9.96. The Balaban J connectivity index is 1.44. The first kappa shape index (κ1) is 18.2. The lowest BCUT2D eigenvalue weighted by Crippen LogP contribution is -2.33. The number of carbonyl (C=O) groups is 1. The SMILES string of the molecule is Cc1ccccc1CC(=O)N1C[C@H]2c3cc(-c4ccco4)ccc3S(=O)(=O)[C@H]2C1. The fourth-order valence-electron chi connectivity index (χ4n) is 4.53. The number of fused-ring (bicyclic) bond motifs is 3. The van der Waals surface area contributed by atoms with E-state index in [1.165, 1.54) is 0 Å². The summed E-state index contributed by atoms with van der Waals surface area (Å²) in [5, 5.41) is -0.565. The molecule has 2 aliphatic heterocycles. The van der Waals surface area contributed by atoms with Crippen molar-refractivity contribution in [2.75, 3.05) is 13.1 Å². The van der Waals surface area contributed by atoms with Gasteiger partial charge in [0.1, 0.15) is 5.76 Å². The third kappa shape index (κ3) is 2.90. The molecule has 0 spiro atoms. The maximum atomic E-state index is 13.1. The van der Waals surface area contributed by atoms with E-state index >= 15 is 0 Å². The van der Waals surface area contributed by atoms with E-state index in [2.05, 4.69) is 0 Å². The average molecular weight is 407 g/mol. The first-order valence-electron chi connectivity index (χ1n) is 9.69. The minimum absolute atomic E-state index is 0.0207. The summed E-state index contributed by atoms with van der Waals surface area (Å²) < 4.78 is 31.6. The summed E-state index contributed by atoms with van der Waals surface area (Å²) in [7, 11) is -3.44. The van der Waals surface area contributed by atoms with Gasteiger partial charge in [-0.3, -0.25) is 4.79 Å². The maximum absolute atomic E-state index is 13.1. The van der Waals surface area contributed by atoms with Gasteiger partial charge in [-0.2, -0.15) is 0 Å². The Kier molecular flexibility index (Phi) is 4.13. The Hall–Kier alpha value is -2.86. The van der Waals surface area contributed by atoms with Crippen LogP contribution in [0.25, 0.3) is 11.3 Å². The highest BCUT2D eigenvalue weighted by molar-refractivity contribution is 7.92. The van der Waals surface area contributed by atoms with Crippen LogP contribution in [0.2, 0.25) is 0 Å². The Bertz CT molecular complexity index is 1200. The second-order valence-corrected chi connectivity index (χ2v) is 9.96. The molecule has 2 atom stereocenters. The molecule has 0 N–H and O–H groups in total. The molecule has 0 aliphatic carbocycles. The number of benzene rings is 2. The van der Waals surface area contributed by atoms with Crippen molar-refractivity contribution < 1.29 is 17.6 Å². The molecule has 2 aromatic carbocycles. The van der Waals surface area contributed by atoms with Crippen LogP contribution in [0.1, 0.15) is 22.6 Å². The van der Waals surface area contributed by atoms with E-state index in [0.717, 1.165) is 22.3 Å². The Morgan fingerprint density at radius 3 is 2.69 bits per heavy atom. The molecular formula is C23H21NO4S. The van der Waals surface area contributed by atoms with Gasteiger partial charge in [-0.15, -0.1) is 0 Å². The van der Waals surface area contributed by atoms with E-state index in [0.29, 0.717) is 23.6 Å². The highest BCUT2D eigenvalue weighted by Gasteiger charge is 2.51. The number of amides is 1. The zero-order valence-corrected chi connectivity index (χ0v) is 16.9. The normalized spacial score (nSPS) is 21.8. The molecule has 6 heteroatoms. The van der Waals surface area contributed by atoms with Crippen LogP contribution in [-0.4, -0.2) is 37.6 Å². The monoisotopic (exact) mass is 407 g/mol. The molecule has 0 radical (unpaired) electrons. The molecule has 1 amide bonds. The Morgan fingerprint density at radius 1 is 1.10 bits per heavy atom. The number of aryl methyl sites for hydroxylation is 1. The van der Waals surface area contributed by atoms with E-state index in [1.54, 1.807) is 23.3 Å². The number of likely N-dealkylation sites (tertiary alicyclic amines) is 1. The lowest BCUT2D eigenvalue weighted by Gasteiger charge is -2.18. The van der Waals surface area contributed by atoms with Crippen LogP contribution in [0.4, 0.5) is 0 Å².